The van der Waals surface area contributed by atoms with Crippen LogP contribution in [0.3, 0.4) is 0 Å². The van der Waals surface area contributed by atoms with Crippen molar-refractivity contribution in [3.05, 3.63) is 0 Å². The van der Waals surface area contributed by atoms with Crippen LogP contribution in [0, 0.1) is 0 Å². The van der Waals surface area contributed by atoms with Crippen LogP contribution in [0.4, 0.5) is 0 Å². The van der Waals surface area contributed by atoms with Crippen LogP contribution in [0.1, 0.15) is 13.8 Å². The predicted molar refractivity (Wildman–Crippen MR) is 137 cm³/mol. The van der Waals surface area contributed by atoms with Gasteiger partial charge in [-0.05, 0) is 84.1 Å². The first-order chi connectivity index (χ1) is 12.7. The Morgan fingerprint density at radius 2 is 0.862 bits per heavy atom. The summed E-state index contributed by atoms with van der Waals surface area (Å²) >= 11 is 0. The third-order valence-electron chi connectivity index (χ3n) is 4.09. The minimum Gasteiger partial charge on any atom is -0.437 e. The van der Waals surface area contributed by atoms with E-state index in [1.54, 1.807) is 7.11 Å². The van der Waals surface area contributed by atoms with E-state index in [9.17, 15) is 0 Å². The fourth-order valence-corrected chi connectivity index (χ4v) is 31.5. The van der Waals surface area contributed by atoms with E-state index < -0.39 is 50.9 Å². The van der Waals surface area contributed by atoms with Crippen molar-refractivity contribution in [1.82, 2.24) is 0 Å². The Kier molecular flexibility index (Phi) is 11.2. The average Bonchev–Trinajstić information content (AvgIpc) is 2.41. The minimum atomic E-state index is -2.67. The lowest BCUT2D eigenvalue weighted by Crippen LogP contribution is -2.63. The number of ether oxygens (including phenoxy) is 1. The summed E-state index contributed by atoms with van der Waals surface area (Å²) in [6.45, 7) is 28.2. The van der Waals surface area contributed by atoms with E-state index >= 15 is 0 Å². The fourth-order valence-electron chi connectivity index (χ4n) is 3.51. The molecule has 0 aromatic heterocycles. The van der Waals surface area contributed by atoms with Crippen molar-refractivity contribution in [3.63, 3.8) is 0 Å². The van der Waals surface area contributed by atoms with Gasteiger partial charge in [-0.2, -0.15) is 0 Å². The Bertz CT molecular complexity index is 512. The lowest BCUT2D eigenvalue weighted by Gasteiger charge is -2.45. The molecular formula is C17H48O6Si6. The largest absolute Gasteiger partial charge is 0.437 e. The zero-order valence-electron chi connectivity index (χ0n) is 21.6. The quantitative estimate of drug-likeness (QED) is 0.269. The van der Waals surface area contributed by atoms with Crippen LogP contribution in [0.5, 0.6) is 0 Å². The summed E-state index contributed by atoms with van der Waals surface area (Å²) in [4.78, 5) is 0. The number of rotatable bonds is 14. The van der Waals surface area contributed by atoms with Gasteiger partial charge in [0.25, 0.3) is 0 Å². The van der Waals surface area contributed by atoms with Gasteiger partial charge in [0.2, 0.25) is 0 Å². The molecule has 0 amide bonds. The fraction of sp³-hybridized carbons (Fsp3) is 1.00. The molecule has 3 unspecified atom stereocenters. The molecule has 0 bridgehead atoms. The van der Waals surface area contributed by atoms with Crippen LogP contribution in [0.25, 0.3) is 0 Å². The van der Waals surface area contributed by atoms with E-state index in [0.29, 0.717) is 6.23 Å². The highest BCUT2D eigenvalue weighted by atomic mass is 28.5. The predicted octanol–water partition coefficient (Wildman–Crippen LogP) is 5.88. The van der Waals surface area contributed by atoms with Crippen molar-refractivity contribution in [3.8, 4) is 0 Å². The van der Waals surface area contributed by atoms with Gasteiger partial charge in [-0.1, -0.05) is 13.8 Å². The Labute approximate surface area is 187 Å². The molecule has 12 heteroatoms. The topological polar surface area (TPSA) is 55.4 Å². The van der Waals surface area contributed by atoms with Crippen LogP contribution >= 0.6 is 0 Å². The molecule has 0 rings (SSSR count). The summed E-state index contributed by atoms with van der Waals surface area (Å²) in [6.07, 6.45) is 0.466. The molecule has 0 aliphatic carbocycles. The molecule has 0 aliphatic heterocycles. The Morgan fingerprint density at radius 3 is 1.17 bits per heavy atom. The number of hydrogen-bond acceptors (Lipinski definition) is 6. The minimum absolute atomic E-state index is 0.466. The van der Waals surface area contributed by atoms with E-state index in [-0.39, 0.29) is 0 Å². The molecule has 6 nitrogen and oxygen atoms in total. The van der Waals surface area contributed by atoms with E-state index in [1.165, 1.54) is 0 Å². The molecule has 0 N–H and O–H groups in total. The van der Waals surface area contributed by atoms with Crippen molar-refractivity contribution in [2.45, 2.75) is 98.0 Å². The lowest BCUT2D eigenvalue weighted by atomic mass is 11.0. The maximum absolute atomic E-state index is 6.83. The molecule has 0 radical (unpaired) electrons. The van der Waals surface area contributed by atoms with Crippen molar-refractivity contribution in [2.75, 3.05) is 13.3 Å². The molecule has 0 fully saturated rings. The first-order valence-electron chi connectivity index (χ1n) is 10.7. The van der Waals surface area contributed by atoms with Crippen LogP contribution in [0.2, 0.25) is 84.1 Å². The number of hydrogen-bond donors (Lipinski definition) is 0. The highest BCUT2D eigenvalue weighted by Gasteiger charge is 2.50. The molecule has 0 aromatic carbocycles. The van der Waals surface area contributed by atoms with Gasteiger partial charge >= 0.3 is 34.2 Å². The van der Waals surface area contributed by atoms with Crippen molar-refractivity contribution in [1.29, 1.82) is 0 Å². The Morgan fingerprint density at radius 1 is 0.483 bits per heavy atom. The maximum atomic E-state index is 6.83. The van der Waals surface area contributed by atoms with Crippen molar-refractivity contribution in [2.24, 2.45) is 0 Å². The Hall–Kier alpha value is 1.06. The second-order valence-corrected chi connectivity index (χ2v) is 34.5. The van der Waals surface area contributed by atoms with Gasteiger partial charge in [-0.25, -0.2) is 0 Å². The summed E-state index contributed by atoms with van der Waals surface area (Å²) in [5, 5.41) is 0. The SMILES string of the molecule is CC[Si](C)(O[Si](C)(C)C)O[Si](C)(COC)O[Si](C)(CC)O[Si](C)(C)O[Si](C)(C)C. The van der Waals surface area contributed by atoms with E-state index in [1.807, 2.05) is 0 Å². The van der Waals surface area contributed by atoms with Crippen LogP contribution < -0.4 is 0 Å². The Balaban J connectivity index is 5.67. The highest BCUT2D eigenvalue weighted by molar-refractivity contribution is 6.91. The van der Waals surface area contributed by atoms with E-state index in [2.05, 4.69) is 85.9 Å². The highest BCUT2D eigenvalue weighted by Crippen LogP contribution is 2.30. The van der Waals surface area contributed by atoms with Crippen LogP contribution in [-0.2, 0) is 25.3 Å². The van der Waals surface area contributed by atoms with Gasteiger partial charge in [0, 0.05) is 7.11 Å². The van der Waals surface area contributed by atoms with Gasteiger partial charge in [-0.15, -0.1) is 0 Å². The molecule has 29 heavy (non-hydrogen) atoms. The smallest absolute Gasteiger partial charge is 0.344 e. The average molecular weight is 517 g/mol. The summed E-state index contributed by atoms with van der Waals surface area (Å²) < 4.78 is 38.9. The monoisotopic (exact) mass is 516 g/mol. The molecule has 0 saturated heterocycles. The molecular weight excluding hydrogens is 469 g/mol. The van der Waals surface area contributed by atoms with Gasteiger partial charge in [0.15, 0.2) is 16.6 Å². The number of methoxy groups -OCH3 is 1. The molecule has 0 spiro atoms. The molecule has 0 heterocycles. The third-order valence-corrected chi connectivity index (χ3v) is 26.7. The summed E-state index contributed by atoms with van der Waals surface area (Å²) in [5.41, 5.74) is 0. The zero-order chi connectivity index (χ0) is 23.4. The second kappa shape index (κ2) is 10.8. The lowest BCUT2D eigenvalue weighted by molar-refractivity contribution is 0.189. The molecule has 0 saturated carbocycles. The van der Waals surface area contributed by atoms with Crippen molar-refractivity contribution < 1.29 is 25.3 Å². The van der Waals surface area contributed by atoms with Crippen molar-refractivity contribution >= 4 is 50.9 Å². The third kappa shape index (κ3) is 12.6. The summed E-state index contributed by atoms with van der Waals surface area (Å²) in [7, 11) is -11.6. The summed E-state index contributed by atoms with van der Waals surface area (Å²) in [5.74, 6) is 0. The first kappa shape index (κ1) is 30.1. The first-order valence-corrected chi connectivity index (χ1v) is 27.9. The molecule has 0 aromatic rings. The van der Waals surface area contributed by atoms with E-state index in [0.717, 1.165) is 12.1 Å². The van der Waals surface area contributed by atoms with Crippen LogP contribution in [0.15, 0.2) is 0 Å². The maximum Gasteiger partial charge on any atom is 0.344 e. The van der Waals surface area contributed by atoms with Crippen LogP contribution in [-0.4, -0.2) is 64.2 Å². The van der Waals surface area contributed by atoms with Gasteiger partial charge in [0.1, 0.15) is 0 Å². The second-order valence-electron chi connectivity index (χ2n) is 10.7. The summed E-state index contributed by atoms with van der Waals surface area (Å²) in [6, 6.07) is 1.73. The zero-order valence-corrected chi connectivity index (χ0v) is 27.6. The standard InChI is InChI=1S/C17H48O6Si6/c1-15-27(12,20-25(7,8)9)22-29(14,17-18-3)23-28(13,16-2)21-26(10,11)19-24(4,5)6/h15-17H2,1-14H3. The van der Waals surface area contributed by atoms with Gasteiger partial charge < -0.3 is 25.3 Å². The van der Waals surface area contributed by atoms with Gasteiger partial charge in [0.05, 0.1) is 6.23 Å². The normalized spacial score (nSPS) is 20.1. The van der Waals surface area contributed by atoms with Gasteiger partial charge in [-0.3, -0.25) is 0 Å². The molecule has 176 valence electrons. The van der Waals surface area contributed by atoms with E-state index in [4.69, 9.17) is 25.3 Å². The molecule has 0 aliphatic rings. The molecule has 3 atom stereocenters.